The SMILES string of the molecule is CCOc1ccsc1C(=O)n1nc(Nc2ccc(S(N)(=O)=O)cc2)nc1N. The number of benzene rings is 1. The molecule has 1 aromatic carbocycles. The van der Waals surface area contributed by atoms with E-state index >= 15 is 0 Å². The molecule has 0 aliphatic heterocycles. The van der Waals surface area contributed by atoms with E-state index in [9.17, 15) is 13.2 Å². The van der Waals surface area contributed by atoms with E-state index in [0.717, 1.165) is 4.68 Å². The van der Waals surface area contributed by atoms with Gasteiger partial charge < -0.3 is 15.8 Å². The first kappa shape index (κ1) is 18.8. The van der Waals surface area contributed by atoms with Crippen molar-refractivity contribution in [3.8, 4) is 5.75 Å². The van der Waals surface area contributed by atoms with Crippen LogP contribution in [-0.4, -0.2) is 35.7 Å². The van der Waals surface area contributed by atoms with Gasteiger partial charge in [-0.05, 0) is 42.6 Å². The lowest BCUT2D eigenvalue weighted by Gasteiger charge is -2.04. The van der Waals surface area contributed by atoms with E-state index in [1.807, 2.05) is 6.92 Å². The third-order valence-corrected chi connectivity index (χ3v) is 5.20. The van der Waals surface area contributed by atoms with Gasteiger partial charge in [-0.3, -0.25) is 4.79 Å². The summed E-state index contributed by atoms with van der Waals surface area (Å²) in [5.41, 5.74) is 6.30. The number of nitrogens with zero attached hydrogens (tertiary/aromatic N) is 3. The highest BCUT2D eigenvalue weighted by Gasteiger charge is 2.21. The molecular formula is C15H16N6O4S2. The number of aromatic nitrogens is 3. The summed E-state index contributed by atoms with van der Waals surface area (Å²) in [5.74, 6) is -0.0233. The maximum Gasteiger partial charge on any atom is 0.295 e. The summed E-state index contributed by atoms with van der Waals surface area (Å²) < 4.78 is 28.9. The Morgan fingerprint density at radius 1 is 1.30 bits per heavy atom. The molecule has 5 N–H and O–H groups in total. The number of carbonyl (C=O) groups excluding carboxylic acids is 1. The molecule has 0 aliphatic carbocycles. The van der Waals surface area contributed by atoms with Crippen LogP contribution in [0.5, 0.6) is 5.75 Å². The molecule has 10 nitrogen and oxygen atoms in total. The molecule has 0 amide bonds. The van der Waals surface area contributed by atoms with Crippen molar-refractivity contribution in [3.05, 3.63) is 40.6 Å². The highest BCUT2D eigenvalue weighted by molar-refractivity contribution is 7.89. The molecule has 0 saturated carbocycles. The Balaban J connectivity index is 1.82. The number of anilines is 3. The van der Waals surface area contributed by atoms with Crippen LogP contribution in [0.1, 0.15) is 16.6 Å². The fraction of sp³-hybridized carbons (Fsp3) is 0.133. The summed E-state index contributed by atoms with van der Waals surface area (Å²) >= 11 is 1.21. The molecule has 2 aromatic heterocycles. The molecule has 27 heavy (non-hydrogen) atoms. The smallest absolute Gasteiger partial charge is 0.295 e. The predicted octanol–water partition coefficient (Wildman–Crippen LogP) is 1.40. The predicted molar refractivity (Wildman–Crippen MR) is 101 cm³/mol. The van der Waals surface area contributed by atoms with Crippen LogP contribution in [0.2, 0.25) is 0 Å². The van der Waals surface area contributed by atoms with Gasteiger partial charge in [-0.15, -0.1) is 16.4 Å². The molecule has 12 heteroatoms. The molecule has 0 spiro atoms. The zero-order chi connectivity index (χ0) is 19.6. The van der Waals surface area contributed by atoms with Crippen LogP contribution in [0, 0.1) is 0 Å². The number of rotatable bonds is 6. The maximum atomic E-state index is 12.6. The van der Waals surface area contributed by atoms with E-state index in [1.54, 1.807) is 11.4 Å². The van der Waals surface area contributed by atoms with Crippen LogP contribution in [0.3, 0.4) is 0 Å². The van der Waals surface area contributed by atoms with Crippen molar-refractivity contribution in [1.82, 2.24) is 14.8 Å². The Labute approximate surface area is 158 Å². The number of ether oxygens (including phenoxy) is 1. The average molecular weight is 408 g/mol. The molecule has 0 saturated heterocycles. The molecule has 0 fully saturated rings. The first-order chi connectivity index (χ1) is 12.8. The molecule has 3 aromatic rings. The second-order valence-electron chi connectivity index (χ2n) is 5.25. The fourth-order valence-corrected chi connectivity index (χ4v) is 3.48. The van der Waals surface area contributed by atoms with Crippen molar-refractivity contribution < 1.29 is 17.9 Å². The van der Waals surface area contributed by atoms with Gasteiger partial charge >= 0.3 is 0 Å². The Bertz CT molecular complexity index is 1070. The number of hydrogen-bond donors (Lipinski definition) is 3. The number of nitrogens with one attached hydrogen (secondary N) is 1. The summed E-state index contributed by atoms with van der Waals surface area (Å²) in [4.78, 5) is 17.0. The number of thiophene rings is 1. The van der Waals surface area contributed by atoms with Crippen LogP contribution in [-0.2, 0) is 10.0 Å². The van der Waals surface area contributed by atoms with E-state index in [4.69, 9.17) is 15.6 Å². The van der Waals surface area contributed by atoms with Gasteiger partial charge in [0.15, 0.2) is 0 Å². The minimum absolute atomic E-state index is 0.0256. The molecule has 0 bridgehead atoms. The summed E-state index contributed by atoms with van der Waals surface area (Å²) in [6.07, 6.45) is 0. The van der Waals surface area contributed by atoms with Gasteiger partial charge in [-0.1, -0.05) is 0 Å². The zero-order valence-corrected chi connectivity index (χ0v) is 15.8. The third-order valence-electron chi connectivity index (χ3n) is 3.39. The third kappa shape index (κ3) is 4.07. The largest absolute Gasteiger partial charge is 0.492 e. The van der Waals surface area contributed by atoms with Crippen molar-refractivity contribution in [2.24, 2.45) is 5.14 Å². The van der Waals surface area contributed by atoms with E-state index < -0.39 is 15.9 Å². The van der Waals surface area contributed by atoms with Crippen molar-refractivity contribution >= 4 is 44.9 Å². The standard InChI is InChI=1S/C15H16N6O4S2/c1-2-25-11-7-8-26-12(11)13(22)21-14(16)19-15(20-21)18-9-3-5-10(6-4-9)27(17,23)24/h3-8H,2H2,1H3,(H2,17,23,24)(H3,16,18,19,20). The quantitative estimate of drug-likeness (QED) is 0.553. The molecule has 0 aliphatic rings. The number of nitrogen functional groups attached to an aromatic ring is 1. The summed E-state index contributed by atoms with van der Waals surface area (Å²) in [6, 6.07) is 7.35. The second kappa shape index (κ2) is 7.34. The first-order valence-corrected chi connectivity index (χ1v) is 10.1. The normalized spacial score (nSPS) is 11.3. The molecule has 3 rings (SSSR count). The Morgan fingerprint density at radius 3 is 2.63 bits per heavy atom. The van der Waals surface area contributed by atoms with Gasteiger partial charge in [0.05, 0.1) is 11.5 Å². The van der Waals surface area contributed by atoms with Crippen LogP contribution < -0.4 is 20.9 Å². The topological polar surface area (TPSA) is 155 Å². The number of sulfonamides is 1. The monoisotopic (exact) mass is 408 g/mol. The van der Waals surface area contributed by atoms with Gasteiger partial charge in [0, 0.05) is 5.69 Å². The average Bonchev–Trinajstić information content (AvgIpc) is 3.21. The highest BCUT2D eigenvalue weighted by Crippen LogP contribution is 2.27. The lowest BCUT2D eigenvalue weighted by atomic mass is 10.3. The summed E-state index contributed by atoms with van der Waals surface area (Å²) in [7, 11) is -3.78. The molecular weight excluding hydrogens is 392 g/mol. The van der Waals surface area contributed by atoms with E-state index in [-0.39, 0.29) is 16.8 Å². The highest BCUT2D eigenvalue weighted by atomic mass is 32.2. The van der Waals surface area contributed by atoms with Gasteiger partial charge in [0.2, 0.25) is 21.9 Å². The minimum Gasteiger partial charge on any atom is -0.492 e. The number of nitrogens with two attached hydrogens (primary N) is 2. The van der Waals surface area contributed by atoms with E-state index in [1.165, 1.54) is 35.6 Å². The number of hydrogen-bond acceptors (Lipinski definition) is 9. The van der Waals surface area contributed by atoms with Crippen LogP contribution in [0.15, 0.2) is 40.6 Å². The van der Waals surface area contributed by atoms with E-state index in [2.05, 4.69) is 15.4 Å². The van der Waals surface area contributed by atoms with Gasteiger partial charge in [0.1, 0.15) is 10.6 Å². The molecule has 142 valence electrons. The van der Waals surface area contributed by atoms with Gasteiger partial charge in [-0.25, -0.2) is 13.6 Å². The summed E-state index contributed by atoms with van der Waals surface area (Å²) in [6.45, 7) is 2.24. The van der Waals surface area contributed by atoms with Crippen LogP contribution in [0.25, 0.3) is 0 Å². The Kier molecular flexibility index (Phi) is 5.12. The van der Waals surface area contributed by atoms with Gasteiger partial charge in [-0.2, -0.15) is 9.67 Å². The minimum atomic E-state index is -3.78. The molecule has 2 heterocycles. The Hall–Kier alpha value is -2.96. The lowest BCUT2D eigenvalue weighted by molar-refractivity contribution is 0.0948. The van der Waals surface area contributed by atoms with Crippen molar-refractivity contribution in [3.63, 3.8) is 0 Å². The lowest BCUT2D eigenvalue weighted by Crippen LogP contribution is -2.16. The fourth-order valence-electron chi connectivity index (χ4n) is 2.20. The number of primary sulfonamides is 1. The molecule has 0 unspecified atom stereocenters. The summed E-state index contributed by atoms with van der Waals surface area (Å²) in [5, 5.41) is 13.7. The Morgan fingerprint density at radius 2 is 2.00 bits per heavy atom. The van der Waals surface area contributed by atoms with Crippen molar-refractivity contribution in [1.29, 1.82) is 0 Å². The first-order valence-electron chi connectivity index (χ1n) is 7.67. The van der Waals surface area contributed by atoms with Crippen molar-refractivity contribution in [2.75, 3.05) is 17.7 Å². The van der Waals surface area contributed by atoms with E-state index in [0.29, 0.717) is 22.9 Å². The molecule has 0 atom stereocenters. The van der Waals surface area contributed by atoms with Crippen molar-refractivity contribution in [2.45, 2.75) is 11.8 Å². The molecule has 0 radical (unpaired) electrons. The number of carbonyl (C=O) groups is 1. The maximum absolute atomic E-state index is 12.6. The second-order valence-corrected chi connectivity index (χ2v) is 7.73. The van der Waals surface area contributed by atoms with Crippen LogP contribution in [0.4, 0.5) is 17.6 Å². The van der Waals surface area contributed by atoms with Crippen LogP contribution >= 0.6 is 11.3 Å². The van der Waals surface area contributed by atoms with Gasteiger partial charge in [0.25, 0.3) is 5.91 Å². The zero-order valence-electron chi connectivity index (χ0n) is 14.1.